The van der Waals surface area contributed by atoms with E-state index in [0.717, 1.165) is 70.9 Å². The van der Waals surface area contributed by atoms with Gasteiger partial charge in [-0.2, -0.15) is 0 Å². The normalized spacial score (nSPS) is 20.7. The van der Waals surface area contributed by atoms with Crippen LogP contribution in [-0.4, -0.2) is 61.4 Å². The number of fused-ring (bicyclic) bond motifs is 1. The van der Waals surface area contributed by atoms with Crippen molar-refractivity contribution in [2.45, 2.75) is 71.5 Å². The molecule has 1 fully saturated rings. The molecular formula is C42H48N2O8. The molecule has 274 valence electrons. The molecule has 0 unspecified atom stereocenters. The Hall–Kier alpha value is -4.74. The third kappa shape index (κ3) is 8.48. The summed E-state index contributed by atoms with van der Waals surface area (Å²) in [5.74, 6) is 0.675. The van der Waals surface area contributed by atoms with Crippen LogP contribution in [0, 0.1) is 5.92 Å². The second kappa shape index (κ2) is 16.7. The number of rotatable bonds is 12. The Balaban J connectivity index is 1.21. The van der Waals surface area contributed by atoms with Gasteiger partial charge in [0.25, 0.3) is 5.91 Å². The van der Waals surface area contributed by atoms with Crippen LogP contribution in [0.4, 0.5) is 0 Å². The molecule has 10 nitrogen and oxygen atoms in total. The average molecular weight is 709 g/mol. The number of hydrogen-bond acceptors (Lipinski definition) is 9. The molecule has 4 aromatic carbocycles. The number of ether oxygens (including phenoxy) is 5. The van der Waals surface area contributed by atoms with Gasteiger partial charge in [-0.15, -0.1) is 0 Å². The zero-order chi connectivity index (χ0) is 36.8. The number of amides is 1. The van der Waals surface area contributed by atoms with Crippen LogP contribution in [0.2, 0.25) is 0 Å². The van der Waals surface area contributed by atoms with Gasteiger partial charge in [0, 0.05) is 44.6 Å². The molecule has 0 spiro atoms. The Kier molecular flexibility index (Phi) is 11.9. The summed E-state index contributed by atoms with van der Waals surface area (Å²) in [5, 5.41) is 12.5. The predicted molar refractivity (Wildman–Crippen MR) is 196 cm³/mol. The van der Waals surface area contributed by atoms with E-state index in [1.807, 2.05) is 72.8 Å². The number of aliphatic hydroxyl groups is 1. The molecule has 1 amide bonds. The number of benzene rings is 4. The van der Waals surface area contributed by atoms with Crippen molar-refractivity contribution >= 4 is 11.9 Å². The van der Waals surface area contributed by atoms with Crippen molar-refractivity contribution in [3.05, 3.63) is 118 Å². The monoisotopic (exact) mass is 708 g/mol. The van der Waals surface area contributed by atoms with Gasteiger partial charge in [0.1, 0.15) is 0 Å². The first-order chi connectivity index (χ1) is 25.2. The van der Waals surface area contributed by atoms with E-state index in [-0.39, 0.29) is 37.2 Å². The minimum Gasteiger partial charge on any atom is -0.493 e. The number of methoxy groups -OCH3 is 2. The molecule has 5 atom stereocenters. The molecule has 6 rings (SSSR count). The fraction of sp³-hybridized carbons (Fsp3) is 0.381. The molecule has 0 bridgehead atoms. The molecule has 0 radical (unpaired) electrons. The molecule has 2 aliphatic heterocycles. The summed E-state index contributed by atoms with van der Waals surface area (Å²) in [4.78, 5) is 26.3. The number of carbonyl (C=O) groups excluding carboxylic acids is 2. The van der Waals surface area contributed by atoms with E-state index in [1.54, 1.807) is 21.1 Å². The van der Waals surface area contributed by atoms with Crippen LogP contribution in [-0.2, 0) is 49.9 Å². The maximum absolute atomic E-state index is 12.5. The molecule has 10 heteroatoms. The summed E-state index contributed by atoms with van der Waals surface area (Å²) < 4.78 is 29.7. The minimum atomic E-state index is -0.874. The number of aliphatic hydroxyl groups excluding tert-OH is 1. The Labute approximate surface area is 305 Å². The molecular weight excluding hydrogens is 660 g/mol. The molecule has 2 aliphatic rings. The smallest absolute Gasteiger partial charge is 0.303 e. The van der Waals surface area contributed by atoms with Crippen LogP contribution in [0.15, 0.2) is 84.9 Å². The van der Waals surface area contributed by atoms with Crippen LogP contribution in [0.1, 0.15) is 66.5 Å². The summed E-state index contributed by atoms with van der Waals surface area (Å²) in [7, 11) is 3.33. The van der Waals surface area contributed by atoms with E-state index in [1.165, 1.54) is 18.1 Å². The minimum absolute atomic E-state index is 0.0158. The maximum atomic E-state index is 12.5. The van der Waals surface area contributed by atoms with Gasteiger partial charge in [-0.1, -0.05) is 79.7 Å². The van der Waals surface area contributed by atoms with Crippen molar-refractivity contribution in [1.29, 1.82) is 0 Å². The second-order valence-electron chi connectivity index (χ2n) is 13.5. The lowest BCUT2D eigenvalue weighted by atomic mass is 9.89. The van der Waals surface area contributed by atoms with Crippen LogP contribution in [0.5, 0.6) is 11.5 Å². The maximum Gasteiger partial charge on any atom is 0.303 e. The molecule has 0 aromatic heterocycles. The Morgan fingerprint density at radius 1 is 0.923 bits per heavy atom. The van der Waals surface area contributed by atoms with Gasteiger partial charge < -0.3 is 34.1 Å². The van der Waals surface area contributed by atoms with Crippen molar-refractivity contribution in [3.63, 3.8) is 0 Å². The van der Waals surface area contributed by atoms with Crippen molar-refractivity contribution in [2.24, 2.45) is 5.92 Å². The topological polar surface area (TPSA) is 116 Å². The van der Waals surface area contributed by atoms with E-state index in [4.69, 9.17) is 23.7 Å². The Bertz CT molecular complexity index is 1840. The molecule has 2 N–H and O–H groups in total. The highest BCUT2D eigenvalue weighted by Gasteiger charge is 2.39. The highest BCUT2D eigenvalue weighted by atomic mass is 16.7. The van der Waals surface area contributed by atoms with E-state index in [2.05, 4.69) is 29.3 Å². The van der Waals surface area contributed by atoms with Gasteiger partial charge in [-0.3, -0.25) is 14.5 Å². The van der Waals surface area contributed by atoms with Gasteiger partial charge in [0.15, 0.2) is 23.9 Å². The van der Waals surface area contributed by atoms with E-state index >= 15 is 0 Å². The number of esters is 1. The molecule has 2 heterocycles. The summed E-state index contributed by atoms with van der Waals surface area (Å²) >= 11 is 0. The molecule has 1 saturated heterocycles. The fourth-order valence-corrected chi connectivity index (χ4v) is 7.08. The van der Waals surface area contributed by atoms with Crippen LogP contribution in [0.25, 0.3) is 11.1 Å². The van der Waals surface area contributed by atoms with Crippen molar-refractivity contribution in [1.82, 2.24) is 10.2 Å². The lowest BCUT2D eigenvalue weighted by molar-refractivity contribution is -0.276. The lowest BCUT2D eigenvalue weighted by Crippen LogP contribution is -2.45. The van der Waals surface area contributed by atoms with Crippen LogP contribution < -0.4 is 14.8 Å². The number of nitrogens with one attached hydrogen (secondary N) is 1. The van der Waals surface area contributed by atoms with E-state index < -0.39 is 18.4 Å². The van der Waals surface area contributed by atoms with E-state index in [9.17, 15) is 14.7 Å². The Morgan fingerprint density at radius 3 is 2.27 bits per heavy atom. The largest absolute Gasteiger partial charge is 0.493 e. The quantitative estimate of drug-likeness (QED) is 0.164. The predicted octanol–water partition coefficient (Wildman–Crippen LogP) is 6.28. The van der Waals surface area contributed by atoms with Gasteiger partial charge in [-0.25, -0.2) is 0 Å². The van der Waals surface area contributed by atoms with Gasteiger partial charge in [0.05, 0.1) is 33.0 Å². The summed E-state index contributed by atoms with van der Waals surface area (Å²) in [6.45, 7) is 7.70. The SMILES string of the molecule is COc1cc2c(cc1OC)CN(C[C@@H]1O[C@H](c3ccc(-c4ccccc4CNC(=O)[C@H](C)OC(C)=O)cc3)O[C@H](c3ccc(CO)cc3)[C@@H]1C)CC2. The zero-order valence-corrected chi connectivity index (χ0v) is 30.5. The summed E-state index contributed by atoms with van der Waals surface area (Å²) in [5.41, 5.74) is 8.19. The van der Waals surface area contributed by atoms with Crippen LogP contribution >= 0.6 is 0 Å². The standard InChI is InChI=1S/C42H48N2O8/c1-26-39(24-44-19-18-33-20-37(48-4)38(49-5)21-35(33)23-44)51-42(52-40(26)31-12-10-29(25-45)11-13-31)32-16-14-30(15-17-32)36-9-7-6-8-34(36)22-43-41(47)27(2)50-28(3)46/h6-17,20-21,26-27,39-40,42,45H,18-19,22-25H2,1-5H3,(H,43,47)/t26-,27+,39+,40+,42+/m1/s1. The van der Waals surface area contributed by atoms with Crippen molar-refractivity contribution < 1.29 is 38.4 Å². The molecule has 52 heavy (non-hydrogen) atoms. The van der Waals surface area contributed by atoms with Crippen molar-refractivity contribution in [3.8, 4) is 22.6 Å². The van der Waals surface area contributed by atoms with Gasteiger partial charge >= 0.3 is 5.97 Å². The van der Waals surface area contributed by atoms with E-state index in [0.29, 0.717) is 0 Å². The number of nitrogens with zero attached hydrogens (tertiary/aromatic N) is 1. The highest BCUT2D eigenvalue weighted by molar-refractivity contribution is 5.83. The second-order valence-corrected chi connectivity index (χ2v) is 13.5. The fourth-order valence-electron chi connectivity index (χ4n) is 7.08. The number of carbonyl (C=O) groups is 2. The van der Waals surface area contributed by atoms with Gasteiger partial charge in [0.2, 0.25) is 0 Å². The Morgan fingerprint density at radius 2 is 1.60 bits per heavy atom. The summed E-state index contributed by atoms with van der Waals surface area (Å²) in [6, 6.07) is 28.2. The zero-order valence-electron chi connectivity index (χ0n) is 30.5. The third-order valence-corrected chi connectivity index (χ3v) is 10.0. The molecule has 0 aliphatic carbocycles. The first kappa shape index (κ1) is 37.0. The lowest BCUT2D eigenvalue weighted by Gasteiger charge is -2.43. The highest BCUT2D eigenvalue weighted by Crippen LogP contribution is 2.43. The summed E-state index contributed by atoms with van der Waals surface area (Å²) in [6.07, 6.45) is -0.921. The first-order valence-electron chi connectivity index (χ1n) is 17.8. The average Bonchev–Trinajstić information content (AvgIpc) is 3.17. The molecule has 4 aromatic rings. The first-order valence-corrected chi connectivity index (χ1v) is 17.8. The van der Waals surface area contributed by atoms with Crippen LogP contribution in [0.3, 0.4) is 0 Å². The van der Waals surface area contributed by atoms with Crippen molar-refractivity contribution in [2.75, 3.05) is 27.3 Å². The van der Waals surface area contributed by atoms with Gasteiger partial charge in [-0.05, 0) is 64.4 Å². The third-order valence-electron chi connectivity index (χ3n) is 10.0. The molecule has 0 saturated carbocycles. The number of hydrogen-bond donors (Lipinski definition) is 2.